The van der Waals surface area contributed by atoms with Crippen molar-refractivity contribution in [3.05, 3.63) is 34.6 Å². The fraction of sp³-hybridized carbons (Fsp3) is 0.727. The summed E-state index contributed by atoms with van der Waals surface area (Å²) in [5, 5.41) is 3.41. The van der Waals surface area contributed by atoms with Crippen molar-refractivity contribution < 1.29 is 9.53 Å². The van der Waals surface area contributed by atoms with Gasteiger partial charge in [0.25, 0.3) is 5.56 Å². The summed E-state index contributed by atoms with van der Waals surface area (Å²) >= 11 is 0. The monoisotopic (exact) mass is 563 g/mol. The Morgan fingerprint density at radius 2 is 1.59 bits per heavy atom. The van der Waals surface area contributed by atoms with E-state index in [1.165, 1.54) is 57.8 Å². The number of hydrogen-bond acceptors (Lipinski definition) is 7. The number of rotatable bonds is 8. The minimum Gasteiger partial charge on any atom is -0.466 e. The van der Waals surface area contributed by atoms with E-state index >= 15 is 0 Å². The summed E-state index contributed by atoms with van der Waals surface area (Å²) < 4.78 is 7.30. The van der Waals surface area contributed by atoms with E-state index in [1.807, 2.05) is 25.1 Å². The Morgan fingerprint density at radius 3 is 2.29 bits per heavy atom. The van der Waals surface area contributed by atoms with Crippen LogP contribution in [0.15, 0.2) is 29.1 Å². The third kappa shape index (κ3) is 6.34. The SMILES string of the molecule is CCOC(=O)C1CCN(CCNc2nc3ccccc3n(C3C[C@H]4CC[C@@H](C3)N4C3CCCCCCC3)c2=O)CC1. The molecule has 3 saturated heterocycles. The number of likely N-dealkylation sites (tertiary alicyclic amines) is 1. The highest BCUT2D eigenvalue weighted by Crippen LogP contribution is 2.44. The molecule has 4 fully saturated rings. The maximum atomic E-state index is 14.0. The topological polar surface area (TPSA) is 79.7 Å². The number of nitrogens with zero attached hydrogens (tertiary/aromatic N) is 4. The second-order valence-corrected chi connectivity index (χ2v) is 12.9. The van der Waals surface area contributed by atoms with Gasteiger partial charge in [-0.2, -0.15) is 0 Å². The van der Waals surface area contributed by atoms with Crippen molar-refractivity contribution >= 4 is 22.8 Å². The van der Waals surface area contributed by atoms with Crippen LogP contribution in [0.5, 0.6) is 0 Å². The van der Waals surface area contributed by atoms with Crippen LogP contribution in [0.25, 0.3) is 11.0 Å². The summed E-state index contributed by atoms with van der Waals surface area (Å²) in [5.74, 6) is 0.428. The number of carbonyl (C=O) groups is 1. The van der Waals surface area contributed by atoms with E-state index in [0.717, 1.165) is 62.4 Å². The molecule has 41 heavy (non-hydrogen) atoms. The lowest BCUT2D eigenvalue weighted by molar-refractivity contribution is -0.149. The lowest BCUT2D eigenvalue weighted by Crippen LogP contribution is -2.50. The first kappa shape index (κ1) is 28.7. The Balaban J connectivity index is 1.14. The standard InChI is InChI=1S/C33H49N5O3/c1-2-41-33(40)24-16-19-36(20-17-24)21-18-34-31-32(39)38(30-13-9-8-12-29(30)35-31)28-22-26-14-15-27(23-28)37(26)25-10-6-4-3-5-7-11-25/h8-9,12-13,24-28H,2-7,10-11,14-23H2,1H3,(H,34,35)/t26-,27+,28?. The first-order valence-electron chi connectivity index (χ1n) is 16.5. The van der Waals surface area contributed by atoms with Gasteiger partial charge < -0.3 is 19.5 Å². The van der Waals surface area contributed by atoms with E-state index in [0.29, 0.717) is 31.1 Å². The van der Waals surface area contributed by atoms with Crippen LogP contribution in [0.2, 0.25) is 0 Å². The Hall–Kier alpha value is -2.45. The van der Waals surface area contributed by atoms with Gasteiger partial charge in [-0.15, -0.1) is 0 Å². The van der Waals surface area contributed by atoms with Crippen LogP contribution in [0.4, 0.5) is 5.82 Å². The number of fused-ring (bicyclic) bond motifs is 3. The molecule has 8 nitrogen and oxygen atoms in total. The van der Waals surface area contributed by atoms with Crippen LogP contribution < -0.4 is 10.9 Å². The fourth-order valence-corrected chi connectivity index (χ4v) is 8.34. The summed E-state index contributed by atoms with van der Waals surface area (Å²) in [5.41, 5.74) is 1.88. The molecular formula is C33H49N5O3. The number of aromatic nitrogens is 2. The van der Waals surface area contributed by atoms with Crippen LogP contribution in [0, 0.1) is 5.92 Å². The molecule has 0 spiro atoms. The van der Waals surface area contributed by atoms with Crippen LogP contribution >= 0.6 is 0 Å². The van der Waals surface area contributed by atoms with Crippen molar-refractivity contribution in [3.63, 3.8) is 0 Å². The van der Waals surface area contributed by atoms with Gasteiger partial charge in [0.15, 0.2) is 5.82 Å². The Morgan fingerprint density at radius 1 is 0.902 bits per heavy atom. The second kappa shape index (κ2) is 13.2. The molecule has 0 radical (unpaired) electrons. The normalized spacial score (nSPS) is 27.0. The molecule has 3 atom stereocenters. The van der Waals surface area contributed by atoms with Crippen molar-refractivity contribution in [2.24, 2.45) is 5.92 Å². The van der Waals surface area contributed by atoms with E-state index in [9.17, 15) is 9.59 Å². The molecule has 1 aromatic heterocycles. The van der Waals surface area contributed by atoms with Crippen molar-refractivity contribution in [2.45, 2.75) is 115 Å². The molecular weight excluding hydrogens is 514 g/mol. The van der Waals surface area contributed by atoms with Crippen LogP contribution in [-0.4, -0.2) is 76.2 Å². The number of benzene rings is 1. The van der Waals surface area contributed by atoms with Gasteiger partial charge in [-0.05, 0) is 83.5 Å². The largest absolute Gasteiger partial charge is 0.466 e. The van der Waals surface area contributed by atoms with Gasteiger partial charge in [-0.25, -0.2) is 4.98 Å². The number of esters is 1. The first-order valence-corrected chi connectivity index (χ1v) is 16.5. The molecule has 2 aromatic rings. The molecule has 1 saturated carbocycles. The zero-order valence-electron chi connectivity index (χ0n) is 24.9. The fourth-order valence-electron chi connectivity index (χ4n) is 8.34. The van der Waals surface area contributed by atoms with Gasteiger partial charge in [0, 0.05) is 37.3 Å². The van der Waals surface area contributed by atoms with Crippen molar-refractivity contribution in [2.75, 3.05) is 38.1 Å². The molecule has 2 bridgehead atoms. The maximum absolute atomic E-state index is 14.0. The molecule has 6 rings (SSSR count). The highest BCUT2D eigenvalue weighted by molar-refractivity contribution is 5.76. The number of hydrogen-bond donors (Lipinski definition) is 1. The highest BCUT2D eigenvalue weighted by atomic mass is 16.5. The number of anilines is 1. The van der Waals surface area contributed by atoms with E-state index in [1.54, 1.807) is 0 Å². The van der Waals surface area contributed by atoms with Crippen molar-refractivity contribution in [1.82, 2.24) is 19.4 Å². The Bertz CT molecular complexity index is 1220. The molecule has 1 unspecified atom stereocenters. The number of nitrogens with one attached hydrogen (secondary N) is 1. The van der Waals surface area contributed by atoms with Crippen LogP contribution in [-0.2, 0) is 9.53 Å². The van der Waals surface area contributed by atoms with Gasteiger partial charge >= 0.3 is 5.97 Å². The van der Waals surface area contributed by atoms with Gasteiger partial charge in [0.2, 0.25) is 0 Å². The molecule has 1 aliphatic carbocycles. The molecule has 224 valence electrons. The van der Waals surface area contributed by atoms with Gasteiger partial charge in [-0.1, -0.05) is 44.2 Å². The third-order valence-electron chi connectivity index (χ3n) is 10.3. The third-order valence-corrected chi connectivity index (χ3v) is 10.3. The Kier molecular flexibility index (Phi) is 9.26. The maximum Gasteiger partial charge on any atom is 0.309 e. The van der Waals surface area contributed by atoms with E-state index in [4.69, 9.17) is 9.72 Å². The number of ether oxygens (including phenoxy) is 1. The van der Waals surface area contributed by atoms with E-state index in [-0.39, 0.29) is 23.5 Å². The number of para-hydroxylation sites is 2. The predicted octanol–water partition coefficient (Wildman–Crippen LogP) is 5.36. The van der Waals surface area contributed by atoms with Gasteiger partial charge in [-0.3, -0.25) is 14.5 Å². The summed E-state index contributed by atoms with van der Waals surface area (Å²) in [6, 6.07) is 10.3. The molecule has 1 N–H and O–H groups in total. The predicted molar refractivity (Wildman–Crippen MR) is 163 cm³/mol. The quantitative estimate of drug-likeness (QED) is 0.433. The van der Waals surface area contributed by atoms with Gasteiger partial charge in [0.1, 0.15) is 0 Å². The van der Waals surface area contributed by atoms with Gasteiger partial charge in [0.05, 0.1) is 23.6 Å². The van der Waals surface area contributed by atoms with Crippen molar-refractivity contribution in [1.29, 1.82) is 0 Å². The first-order chi connectivity index (χ1) is 20.1. The molecule has 1 aromatic carbocycles. The highest BCUT2D eigenvalue weighted by Gasteiger charge is 2.44. The lowest BCUT2D eigenvalue weighted by Gasteiger charge is -2.45. The van der Waals surface area contributed by atoms with Crippen LogP contribution in [0.1, 0.15) is 96.4 Å². The minimum atomic E-state index is -0.0600. The summed E-state index contributed by atoms with van der Waals surface area (Å²) in [4.78, 5) is 36.1. The van der Waals surface area contributed by atoms with E-state index in [2.05, 4.69) is 25.8 Å². The molecule has 4 aliphatic rings. The summed E-state index contributed by atoms with van der Waals surface area (Å²) in [6.07, 6.45) is 16.0. The average molecular weight is 564 g/mol. The second-order valence-electron chi connectivity index (χ2n) is 12.9. The zero-order valence-corrected chi connectivity index (χ0v) is 24.9. The molecule has 0 amide bonds. The van der Waals surface area contributed by atoms with E-state index < -0.39 is 0 Å². The number of piperidine rings is 2. The molecule has 8 heteroatoms. The summed E-state index contributed by atoms with van der Waals surface area (Å²) in [6.45, 7) is 5.55. The summed E-state index contributed by atoms with van der Waals surface area (Å²) in [7, 11) is 0. The Labute approximate surface area is 244 Å². The number of carbonyl (C=O) groups excluding carboxylic acids is 1. The minimum absolute atomic E-state index is 0.0160. The lowest BCUT2D eigenvalue weighted by atomic mass is 9.89. The zero-order chi connectivity index (χ0) is 28.2. The molecule has 3 aliphatic heterocycles. The smallest absolute Gasteiger partial charge is 0.309 e. The van der Waals surface area contributed by atoms with Crippen molar-refractivity contribution in [3.8, 4) is 0 Å². The molecule has 4 heterocycles. The van der Waals surface area contributed by atoms with Crippen LogP contribution in [0.3, 0.4) is 0 Å². The average Bonchev–Trinajstić information content (AvgIpc) is 3.22.